The molecule has 1 atom stereocenters. The Morgan fingerprint density at radius 2 is 1.76 bits per heavy atom. The third-order valence-electron chi connectivity index (χ3n) is 5.11. The van der Waals surface area contributed by atoms with Crippen LogP contribution in [0.25, 0.3) is 0 Å². The van der Waals surface area contributed by atoms with Crippen LogP contribution in [-0.2, 0) is 37.3 Å². The Balaban J connectivity index is 1.57. The number of sulfone groups is 1. The van der Waals surface area contributed by atoms with Crippen molar-refractivity contribution < 1.29 is 27.5 Å². The fourth-order valence-electron chi connectivity index (χ4n) is 3.10. The molecule has 2 N–H and O–H groups in total. The summed E-state index contributed by atoms with van der Waals surface area (Å²) in [7, 11) is -3.32. The van der Waals surface area contributed by atoms with Crippen LogP contribution in [0.3, 0.4) is 0 Å². The molecule has 0 saturated heterocycles. The number of nitrogens with one attached hydrogen (secondary N) is 2. The zero-order valence-corrected chi connectivity index (χ0v) is 19.5. The summed E-state index contributed by atoms with van der Waals surface area (Å²) in [6.45, 7) is 1.22. The van der Waals surface area contributed by atoms with Crippen LogP contribution >= 0.6 is 0 Å². The number of anilines is 1. The van der Waals surface area contributed by atoms with E-state index in [1.165, 1.54) is 12.8 Å². The lowest BCUT2D eigenvalue weighted by molar-refractivity contribution is -0.118. The number of alkyl carbamates (subject to hydrolysis) is 1. The highest BCUT2D eigenvalue weighted by atomic mass is 32.2. The molecule has 1 saturated carbocycles. The number of amides is 2. The number of ether oxygens (including phenoxy) is 2. The topological polar surface area (TPSA) is 111 Å². The van der Waals surface area contributed by atoms with Crippen molar-refractivity contribution in [2.45, 2.75) is 38.5 Å². The zero-order valence-electron chi connectivity index (χ0n) is 18.7. The molecule has 0 spiro atoms. The minimum Gasteiger partial charge on any atom is -0.445 e. The van der Waals surface area contributed by atoms with Gasteiger partial charge >= 0.3 is 6.09 Å². The molecule has 9 heteroatoms. The van der Waals surface area contributed by atoms with Gasteiger partial charge in [0.25, 0.3) is 0 Å². The quantitative estimate of drug-likeness (QED) is 0.488. The fourth-order valence-corrected chi connectivity index (χ4v) is 3.77. The molecule has 0 bridgehead atoms. The van der Waals surface area contributed by atoms with Gasteiger partial charge in [0.2, 0.25) is 5.91 Å². The van der Waals surface area contributed by atoms with Crippen LogP contribution in [0.4, 0.5) is 10.5 Å². The van der Waals surface area contributed by atoms with Crippen molar-refractivity contribution in [3.63, 3.8) is 0 Å². The first-order chi connectivity index (χ1) is 15.8. The number of carbonyl (C=O) groups is 2. The molecule has 1 aliphatic rings. The van der Waals surface area contributed by atoms with Crippen molar-refractivity contribution in [1.29, 1.82) is 0 Å². The molecule has 0 aromatic heterocycles. The molecular weight excluding hydrogens is 444 g/mol. The smallest absolute Gasteiger partial charge is 0.408 e. The van der Waals surface area contributed by atoms with Crippen LogP contribution in [0, 0.1) is 5.92 Å². The van der Waals surface area contributed by atoms with Crippen LogP contribution in [0.15, 0.2) is 54.6 Å². The minimum absolute atomic E-state index is 0.0377. The second kappa shape index (κ2) is 11.8. The maximum absolute atomic E-state index is 12.9. The molecule has 8 nitrogen and oxygen atoms in total. The third-order valence-corrected chi connectivity index (χ3v) is 6.09. The first kappa shape index (κ1) is 24.7. The van der Waals surface area contributed by atoms with Gasteiger partial charge in [0.15, 0.2) is 0 Å². The number of rotatable bonds is 12. The molecule has 0 aliphatic heterocycles. The molecule has 33 heavy (non-hydrogen) atoms. The Bertz CT molecular complexity index is 1040. The summed E-state index contributed by atoms with van der Waals surface area (Å²) in [4.78, 5) is 25.1. The van der Waals surface area contributed by atoms with Crippen LogP contribution in [0.1, 0.15) is 30.4 Å². The standard InChI is InChI=1S/C24H30N2O6S/c1-33(29,30)13-12-22(26-24(28)32-17-18-6-3-2-4-7-18)23(27)25-21-9-5-8-20(14-21)16-31-15-19-10-11-19/h2-9,14,19,22H,10-13,15-17H2,1H3,(H,25,27)(H,26,28). The molecular formula is C24H30N2O6S. The molecule has 2 amide bonds. The molecule has 1 unspecified atom stereocenters. The van der Waals surface area contributed by atoms with E-state index in [2.05, 4.69) is 10.6 Å². The van der Waals surface area contributed by atoms with Crippen LogP contribution in [-0.4, -0.2) is 45.1 Å². The molecule has 3 rings (SSSR count). The van der Waals surface area contributed by atoms with Crippen molar-refractivity contribution in [3.8, 4) is 0 Å². The SMILES string of the molecule is CS(=O)(=O)CCC(NC(=O)OCc1ccccc1)C(=O)Nc1cccc(COCC2CC2)c1. The summed E-state index contributed by atoms with van der Waals surface area (Å²) in [5.41, 5.74) is 2.25. The maximum atomic E-state index is 12.9. The summed E-state index contributed by atoms with van der Waals surface area (Å²) >= 11 is 0. The Hall–Kier alpha value is -2.91. The fraction of sp³-hybridized carbons (Fsp3) is 0.417. The first-order valence-electron chi connectivity index (χ1n) is 10.9. The van der Waals surface area contributed by atoms with E-state index in [0.717, 1.165) is 24.0 Å². The monoisotopic (exact) mass is 474 g/mol. The summed E-state index contributed by atoms with van der Waals surface area (Å²) in [5, 5.41) is 5.24. The van der Waals surface area contributed by atoms with Gasteiger partial charge in [-0.25, -0.2) is 13.2 Å². The van der Waals surface area contributed by atoms with E-state index in [-0.39, 0.29) is 18.8 Å². The highest BCUT2D eigenvalue weighted by molar-refractivity contribution is 7.90. The van der Waals surface area contributed by atoms with Crippen LogP contribution < -0.4 is 10.6 Å². The Labute approximate surface area is 194 Å². The number of benzene rings is 2. The lowest BCUT2D eigenvalue weighted by Crippen LogP contribution is -2.45. The van der Waals surface area contributed by atoms with Crippen molar-refractivity contribution in [2.24, 2.45) is 5.92 Å². The van der Waals surface area contributed by atoms with E-state index in [1.54, 1.807) is 18.2 Å². The lowest BCUT2D eigenvalue weighted by atomic mass is 10.1. The summed E-state index contributed by atoms with van der Waals surface area (Å²) in [6, 6.07) is 15.3. The van der Waals surface area contributed by atoms with Gasteiger partial charge in [-0.05, 0) is 48.4 Å². The number of carbonyl (C=O) groups excluding carboxylic acids is 2. The Morgan fingerprint density at radius 1 is 1.03 bits per heavy atom. The van der Waals surface area contributed by atoms with E-state index in [0.29, 0.717) is 18.2 Å². The molecule has 0 radical (unpaired) electrons. The first-order valence-corrected chi connectivity index (χ1v) is 13.0. The van der Waals surface area contributed by atoms with Crippen molar-refractivity contribution in [3.05, 3.63) is 65.7 Å². The maximum Gasteiger partial charge on any atom is 0.408 e. The minimum atomic E-state index is -3.32. The van der Waals surface area contributed by atoms with Crippen molar-refractivity contribution in [2.75, 3.05) is 23.9 Å². The summed E-state index contributed by atoms with van der Waals surface area (Å²) in [6.07, 6.45) is 2.64. The van der Waals surface area contributed by atoms with Crippen molar-refractivity contribution >= 4 is 27.5 Å². The predicted molar refractivity (Wildman–Crippen MR) is 125 cm³/mol. The molecule has 2 aromatic carbocycles. The molecule has 0 heterocycles. The van der Waals surface area contributed by atoms with Gasteiger partial charge in [-0.15, -0.1) is 0 Å². The Kier molecular flexibility index (Phi) is 8.85. The molecule has 1 aliphatic carbocycles. The van der Waals surface area contributed by atoms with Gasteiger partial charge < -0.3 is 20.1 Å². The highest BCUT2D eigenvalue weighted by Crippen LogP contribution is 2.29. The predicted octanol–water partition coefficient (Wildman–Crippen LogP) is 3.28. The normalized spacial score (nSPS) is 14.3. The van der Waals surface area contributed by atoms with Crippen molar-refractivity contribution in [1.82, 2.24) is 5.32 Å². The van der Waals surface area contributed by atoms with E-state index < -0.39 is 27.9 Å². The zero-order chi connectivity index (χ0) is 23.7. The number of hydrogen-bond donors (Lipinski definition) is 2. The summed E-state index contributed by atoms with van der Waals surface area (Å²) in [5.74, 6) is -0.110. The Morgan fingerprint density at radius 3 is 2.45 bits per heavy atom. The van der Waals surface area contributed by atoms with Gasteiger partial charge in [0.05, 0.1) is 12.4 Å². The molecule has 178 valence electrons. The van der Waals surface area contributed by atoms with Gasteiger partial charge in [-0.3, -0.25) is 4.79 Å². The molecule has 1 fully saturated rings. The molecule has 2 aromatic rings. The van der Waals surface area contributed by atoms with E-state index in [9.17, 15) is 18.0 Å². The average Bonchev–Trinajstić information content (AvgIpc) is 3.60. The second-order valence-corrected chi connectivity index (χ2v) is 10.6. The third kappa shape index (κ3) is 9.63. The largest absolute Gasteiger partial charge is 0.445 e. The van der Waals surface area contributed by atoms with E-state index >= 15 is 0 Å². The van der Waals surface area contributed by atoms with Gasteiger partial charge in [-0.1, -0.05) is 42.5 Å². The average molecular weight is 475 g/mol. The second-order valence-electron chi connectivity index (χ2n) is 8.33. The van der Waals surface area contributed by atoms with E-state index in [1.807, 2.05) is 36.4 Å². The van der Waals surface area contributed by atoms with E-state index in [4.69, 9.17) is 9.47 Å². The number of hydrogen-bond acceptors (Lipinski definition) is 6. The summed E-state index contributed by atoms with van der Waals surface area (Å²) < 4.78 is 34.1. The van der Waals surface area contributed by atoms with Crippen LogP contribution in [0.5, 0.6) is 0 Å². The van der Waals surface area contributed by atoms with Gasteiger partial charge in [0.1, 0.15) is 22.5 Å². The highest BCUT2D eigenvalue weighted by Gasteiger charge is 2.24. The van der Waals surface area contributed by atoms with Crippen LogP contribution in [0.2, 0.25) is 0 Å². The van der Waals surface area contributed by atoms with Gasteiger partial charge in [0, 0.05) is 18.6 Å². The van der Waals surface area contributed by atoms with Gasteiger partial charge in [-0.2, -0.15) is 0 Å². The lowest BCUT2D eigenvalue weighted by Gasteiger charge is -2.18.